The summed E-state index contributed by atoms with van der Waals surface area (Å²) in [5.74, 6) is -0.251. The number of ketones is 2. The second kappa shape index (κ2) is 5.54. The summed E-state index contributed by atoms with van der Waals surface area (Å²) in [6.45, 7) is 0. The zero-order valence-electron chi connectivity index (χ0n) is 11.1. The lowest BCUT2D eigenvalue weighted by Gasteiger charge is -1.98. The first kappa shape index (κ1) is 13.0. The normalized spacial score (nSPS) is 10.3. The number of benzene rings is 2. The Morgan fingerprint density at radius 3 is 1.86 bits per heavy atom. The number of aromatic amines is 1. The Morgan fingerprint density at radius 2 is 1.29 bits per heavy atom. The maximum Gasteiger partial charge on any atom is 0.228 e. The molecule has 102 valence electrons. The third-order valence-corrected chi connectivity index (χ3v) is 3.11. The fourth-order valence-electron chi connectivity index (χ4n) is 2.02. The standard InChI is InChI=1S/C17H12N2O2/c20-15(12-7-3-1-4-8-12)14-11-18-17(19-14)16(21)13-9-5-2-6-10-13/h1-11H,(H,18,19). The van der Waals surface area contributed by atoms with E-state index in [1.807, 2.05) is 12.1 Å². The number of carbonyl (C=O) groups is 2. The summed E-state index contributed by atoms with van der Waals surface area (Å²) in [5, 5.41) is 0. The van der Waals surface area contributed by atoms with E-state index < -0.39 is 0 Å². The second-order valence-corrected chi connectivity index (χ2v) is 4.54. The second-order valence-electron chi connectivity index (χ2n) is 4.54. The molecular formula is C17H12N2O2. The van der Waals surface area contributed by atoms with Crippen LogP contribution in [0, 0.1) is 0 Å². The van der Waals surface area contributed by atoms with Crippen molar-refractivity contribution in [1.29, 1.82) is 0 Å². The number of nitrogens with zero attached hydrogens (tertiary/aromatic N) is 1. The van der Waals surface area contributed by atoms with Crippen molar-refractivity contribution >= 4 is 11.6 Å². The molecule has 1 aromatic heterocycles. The Kier molecular flexibility index (Phi) is 3.43. The molecule has 0 aliphatic carbocycles. The van der Waals surface area contributed by atoms with Crippen molar-refractivity contribution in [3.05, 3.63) is 89.5 Å². The molecule has 21 heavy (non-hydrogen) atoms. The monoisotopic (exact) mass is 276 g/mol. The quantitative estimate of drug-likeness (QED) is 0.745. The highest BCUT2D eigenvalue weighted by molar-refractivity contribution is 6.10. The summed E-state index contributed by atoms with van der Waals surface area (Å²) in [5.41, 5.74) is 1.39. The van der Waals surface area contributed by atoms with Gasteiger partial charge in [0.25, 0.3) is 0 Å². The van der Waals surface area contributed by atoms with E-state index in [4.69, 9.17) is 0 Å². The first-order chi connectivity index (χ1) is 10.3. The number of hydrogen-bond acceptors (Lipinski definition) is 3. The molecule has 0 saturated carbocycles. The van der Waals surface area contributed by atoms with Crippen LogP contribution in [0.3, 0.4) is 0 Å². The van der Waals surface area contributed by atoms with Crippen LogP contribution in [0.15, 0.2) is 66.9 Å². The summed E-state index contributed by atoms with van der Waals surface area (Å²) < 4.78 is 0. The molecule has 0 unspecified atom stereocenters. The van der Waals surface area contributed by atoms with Crippen molar-refractivity contribution in [1.82, 2.24) is 9.97 Å². The molecule has 1 heterocycles. The number of rotatable bonds is 4. The van der Waals surface area contributed by atoms with Crippen molar-refractivity contribution in [3.8, 4) is 0 Å². The minimum atomic E-state index is -0.234. The van der Waals surface area contributed by atoms with Gasteiger partial charge in [-0.05, 0) is 0 Å². The maximum absolute atomic E-state index is 12.2. The van der Waals surface area contributed by atoms with Crippen LogP contribution in [0.4, 0.5) is 0 Å². The van der Waals surface area contributed by atoms with E-state index in [1.54, 1.807) is 48.5 Å². The van der Waals surface area contributed by atoms with Gasteiger partial charge in [-0.3, -0.25) is 9.59 Å². The first-order valence-electron chi connectivity index (χ1n) is 6.50. The van der Waals surface area contributed by atoms with Gasteiger partial charge in [-0.2, -0.15) is 0 Å². The molecular weight excluding hydrogens is 264 g/mol. The molecule has 4 heteroatoms. The fraction of sp³-hybridized carbons (Fsp3) is 0. The molecule has 0 bridgehead atoms. The number of H-pyrrole nitrogens is 1. The van der Waals surface area contributed by atoms with E-state index in [-0.39, 0.29) is 17.4 Å². The highest BCUT2D eigenvalue weighted by atomic mass is 16.1. The van der Waals surface area contributed by atoms with Gasteiger partial charge >= 0.3 is 0 Å². The summed E-state index contributed by atoms with van der Waals surface area (Å²) in [7, 11) is 0. The smallest absolute Gasteiger partial charge is 0.228 e. The average Bonchev–Trinajstić information content (AvgIpc) is 3.05. The highest BCUT2D eigenvalue weighted by Crippen LogP contribution is 2.10. The molecule has 0 amide bonds. The lowest BCUT2D eigenvalue weighted by molar-refractivity contribution is 0.103. The molecule has 0 spiro atoms. The summed E-state index contributed by atoms with van der Waals surface area (Å²) in [6.07, 6.45) is 1.39. The molecule has 3 rings (SSSR count). The van der Waals surface area contributed by atoms with Crippen molar-refractivity contribution in [2.45, 2.75) is 0 Å². The molecule has 0 atom stereocenters. The summed E-state index contributed by atoms with van der Waals surface area (Å²) >= 11 is 0. The van der Waals surface area contributed by atoms with Crippen LogP contribution in [-0.2, 0) is 0 Å². The molecule has 3 aromatic rings. The van der Waals surface area contributed by atoms with Gasteiger partial charge in [0.1, 0.15) is 5.69 Å². The topological polar surface area (TPSA) is 62.8 Å². The van der Waals surface area contributed by atoms with Crippen LogP contribution >= 0.6 is 0 Å². The highest BCUT2D eigenvalue weighted by Gasteiger charge is 2.16. The fourth-order valence-corrected chi connectivity index (χ4v) is 2.02. The van der Waals surface area contributed by atoms with E-state index in [9.17, 15) is 9.59 Å². The van der Waals surface area contributed by atoms with E-state index in [1.165, 1.54) is 6.20 Å². The van der Waals surface area contributed by atoms with Crippen molar-refractivity contribution in [2.75, 3.05) is 0 Å². The molecule has 2 aromatic carbocycles. The number of carbonyl (C=O) groups excluding carboxylic acids is 2. The van der Waals surface area contributed by atoms with Gasteiger partial charge in [0.2, 0.25) is 11.6 Å². The van der Waals surface area contributed by atoms with Crippen LogP contribution in [0.5, 0.6) is 0 Å². The van der Waals surface area contributed by atoms with Crippen molar-refractivity contribution < 1.29 is 9.59 Å². The van der Waals surface area contributed by atoms with Gasteiger partial charge in [0.05, 0.1) is 6.20 Å². The largest absolute Gasteiger partial charge is 0.332 e. The summed E-state index contributed by atoms with van der Waals surface area (Å²) in [6, 6.07) is 17.7. The lowest BCUT2D eigenvalue weighted by atomic mass is 10.1. The van der Waals surface area contributed by atoms with Gasteiger partial charge in [-0.25, -0.2) is 4.98 Å². The predicted octanol–water partition coefficient (Wildman–Crippen LogP) is 2.87. The molecule has 0 fully saturated rings. The van der Waals surface area contributed by atoms with Crippen LogP contribution < -0.4 is 0 Å². The average molecular weight is 276 g/mol. The minimum absolute atomic E-state index is 0.167. The molecule has 1 N–H and O–H groups in total. The molecule has 0 aliphatic heterocycles. The zero-order chi connectivity index (χ0) is 14.7. The van der Waals surface area contributed by atoms with Crippen LogP contribution in [0.25, 0.3) is 0 Å². The number of hydrogen-bond donors (Lipinski definition) is 1. The zero-order valence-corrected chi connectivity index (χ0v) is 11.1. The van der Waals surface area contributed by atoms with E-state index >= 15 is 0 Å². The Hall–Kier alpha value is -3.01. The minimum Gasteiger partial charge on any atom is -0.332 e. The number of imidazole rings is 1. The van der Waals surface area contributed by atoms with E-state index in [2.05, 4.69) is 9.97 Å². The predicted molar refractivity (Wildman–Crippen MR) is 78.3 cm³/mol. The van der Waals surface area contributed by atoms with Crippen LogP contribution in [0.1, 0.15) is 32.2 Å². The molecule has 0 aliphatic rings. The number of nitrogens with one attached hydrogen (secondary N) is 1. The molecule has 4 nitrogen and oxygen atoms in total. The van der Waals surface area contributed by atoms with Crippen molar-refractivity contribution in [3.63, 3.8) is 0 Å². The molecule has 0 radical (unpaired) electrons. The molecule has 0 saturated heterocycles. The van der Waals surface area contributed by atoms with Crippen LogP contribution in [0.2, 0.25) is 0 Å². The van der Waals surface area contributed by atoms with Crippen molar-refractivity contribution in [2.24, 2.45) is 0 Å². The maximum atomic E-state index is 12.2. The number of aromatic nitrogens is 2. The lowest BCUT2D eigenvalue weighted by Crippen LogP contribution is -2.05. The Morgan fingerprint density at radius 1 is 0.762 bits per heavy atom. The van der Waals surface area contributed by atoms with Gasteiger partial charge in [-0.15, -0.1) is 0 Å². The van der Waals surface area contributed by atoms with E-state index in [0.29, 0.717) is 16.8 Å². The third kappa shape index (κ3) is 2.65. The summed E-state index contributed by atoms with van der Waals surface area (Å²) in [4.78, 5) is 31.3. The third-order valence-electron chi connectivity index (χ3n) is 3.11. The Balaban J connectivity index is 1.87. The Labute approximate surface area is 121 Å². The first-order valence-corrected chi connectivity index (χ1v) is 6.50. The van der Waals surface area contributed by atoms with Gasteiger partial charge in [-0.1, -0.05) is 60.7 Å². The van der Waals surface area contributed by atoms with Crippen LogP contribution in [-0.4, -0.2) is 21.5 Å². The Bertz CT molecular complexity index is 711. The van der Waals surface area contributed by atoms with E-state index in [0.717, 1.165) is 0 Å². The van der Waals surface area contributed by atoms with Gasteiger partial charge in [0.15, 0.2) is 5.82 Å². The van der Waals surface area contributed by atoms with Gasteiger partial charge in [0, 0.05) is 11.1 Å². The van der Waals surface area contributed by atoms with Gasteiger partial charge < -0.3 is 4.98 Å². The SMILES string of the molecule is O=C(c1ccccc1)c1cnc(C(=O)c2ccccc2)[nH]1.